The van der Waals surface area contributed by atoms with Gasteiger partial charge in [0.05, 0.1) is 16.9 Å². The Morgan fingerprint density at radius 3 is 2.66 bits per heavy atom. The maximum absolute atomic E-state index is 12.1. The number of aromatic nitrogens is 5. The van der Waals surface area contributed by atoms with Crippen molar-refractivity contribution in [2.24, 2.45) is 7.05 Å². The average Bonchev–Trinajstić information content (AvgIpc) is 3.33. The predicted octanol–water partition coefficient (Wildman–Crippen LogP) is 3.01. The summed E-state index contributed by atoms with van der Waals surface area (Å²) in [6.45, 7) is 6.71. The molecule has 4 aromatic rings. The molecule has 5 rings (SSSR count). The van der Waals surface area contributed by atoms with E-state index in [2.05, 4.69) is 43.8 Å². The second-order valence-corrected chi connectivity index (χ2v) is 8.56. The molecule has 1 saturated heterocycles. The van der Waals surface area contributed by atoms with E-state index in [0.29, 0.717) is 4.64 Å². The van der Waals surface area contributed by atoms with E-state index in [4.69, 9.17) is 17.2 Å². The number of imidazole rings is 1. The second kappa shape index (κ2) is 8.33. The van der Waals surface area contributed by atoms with Crippen LogP contribution >= 0.6 is 12.2 Å². The van der Waals surface area contributed by atoms with E-state index in [1.165, 1.54) is 15.8 Å². The van der Waals surface area contributed by atoms with Crippen molar-refractivity contribution < 1.29 is 0 Å². The number of hydrogen-bond donors (Lipinski definition) is 2. The maximum Gasteiger partial charge on any atom is 0.326 e. The van der Waals surface area contributed by atoms with Crippen LogP contribution in [-0.4, -0.2) is 55.6 Å². The lowest BCUT2D eigenvalue weighted by molar-refractivity contribution is 0.250. The molecular weight excluding hydrogens is 422 g/mol. The lowest BCUT2D eigenvalue weighted by Crippen LogP contribution is -2.46. The molecule has 3 aromatic heterocycles. The molecule has 0 atom stereocenters. The third kappa shape index (κ3) is 3.85. The molecule has 9 heteroatoms. The molecule has 0 bridgehead atoms. The van der Waals surface area contributed by atoms with Gasteiger partial charge in [0.2, 0.25) is 0 Å². The first-order valence-corrected chi connectivity index (χ1v) is 11.1. The van der Waals surface area contributed by atoms with Gasteiger partial charge in [0, 0.05) is 57.6 Å². The molecule has 2 N–H and O–H groups in total. The summed E-state index contributed by atoms with van der Waals surface area (Å²) in [4.78, 5) is 31.9. The summed E-state index contributed by atoms with van der Waals surface area (Å²) >= 11 is 5.40. The van der Waals surface area contributed by atoms with Crippen molar-refractivity contribution in [3.8, 4) is 11.5 Å². The third-order valence-corrected chi connectivity index (χ3v) is 6.58. The number of aryl methyl sites for hydroxylation is 1. The maximum atomic E-state index is 12.1. The molecule has 1 aliphatic rings. The van der Waals surface area contributed by atoms with Gasteiger partial charge in [-0.15, -0.1) is 0 Å². The normalized spacial score (nSPS) is 14.9. The number of pyridine rings is 1. The number of nitrogens with one attached hydrogen (secondary N) is 2. The first kappa shape index (κ1) is 20.6. The van der Waals surface area contributed by atoms with Gasteiger partial charge >= 0.3 is 5.69 Å². The zero-order valence-corrected chi connectivity index (χ0v) is 18.9. The Morgan fingerprint density at radius 1 is 1.12 bits per heavy atom. The molecule has 1 aliphatic heterocycles. The molecule has 164 valence electrons. The Bertz CT molecular complexity index is 1380. The minimum atomic E-state index is -0.185. The minimum absolute atomic E-state index is 0.185. The van der Waals surface area contributed by atoms with E-state index < -0.39 is 0 Å². The number of H-pyrrole nitrogens is 2. The van der Waals surface area contributed by atoms with Crippen LogP contribution < -0.4 is 10.6 Å². The van der Waals surface area contributed by atoms with Gasteiger partial charge in [-0.3, -0.25) is 9.47 Å². The zero-order chi connectivity index (χ0) is 22.2. The molecule has 0 spiro atoms. The van der Waals surface area contributed by atoms with E-state index in [-0.39, 0.29) is 5.69 Å². The van der Waals surface area contributed by atoms with Crippen LogP contribution in [0, 0.1) is 11.6 Å². The number of hydrogen-bond acceptors (Lipinski definition) is 6. The summed E-state index contributed by atoms with van der Waals surface area (Å²) in [6, 6.07) is 10.3. The molecule has 0 amide bonds. The number of piperazine rings is 1. The molecule has 1 fully saturated rings. The fourth-order valence-corrected chi connectivity index (χ4v) is 4.54. The average molecular weight is 448 g/mol. The molecule has 4 heterocycles. The summed E-state index contributed by atoms with van der Waals surface area (Å²) in [5.74, 6) is 0.790. The van der Waals surface area contributed by atoms with Gasteiger partial charge in [-0.1, -0.05) is 18.3 Å². The monoisotopic (exact) mass is 447 g/mol. The summed E-state index contributed by atoms with van der Waals surface area (Å²) in [5.41, 5.74) is 4.83. The van der Waals surface area contributed by atoms with Crippen molar-refractivity contribution in [1.82, 2.24) is 29.4 Å². The number of benzene rings is 1. The molecule has 0 unspecified atom stereocenters. The van der Waals surface area contributed by atoms with Gasteiger partial charge in [-0.2, -0.15) is 0 Å². The number of rotatable bonds is 4. The molecule has 8 nitrogen and oxygen atoms in total. The Labute approximate surface area is 190 Å². The Balaban J connectivity index is 1.27. The molecule has 1 aromatic carbocycles. The van der Waals surface area contributed by atoms with Gasteiger partial charge in [0.25, 0.3) is 0 Å². The third-order valence-electron chi connectivity index (χ3n) is 6.08. The lowest BCUT2D eigenvalue weighted by atomic mass is 10.1. The van der Waals surface area contributed by atoms with Crippen LogP contribution in [0.2, 0.25) is 0 Å². The molecule has 0 saturated carbocycles. The van der Waals surface area contributed by atoms with Gasteiger partial charge in [0.15, 0.2) is 5.82 Å². The first-order valence-electron chi connectivity index (χ1n) is 10.7. The summed E-state index contributed by atoms with van der Waals surface area (Å²) < 4.78 is 2.03. The molecule has 0 radical (unpaired) electrons. The standard InChI is InChI=1S/C23H25N7OS/c1-15-20(6-5-18(26-15)21-24-7-8-25-21)30-11-9-29(10-12-30)14-16-3-4-17-19(13-16)27-23(31)28(2)22(17)32/h3-8,13H,9-12,14H2,1-2H3,(H,24,25)(H,27,31). The minimum Gasteiger partial charge on any atom is -0.368 e. The SMILES string of the molecule is Cc1nc(-c2ncc[nH]2)ccc1N1CCN(Cc2ccc3c(=S)n(C)c(=O)[nH]c3c2)CC1. The second-order valence-electron chi connectivity index (χ2n) is 8.18. The first-order chi connectivity index (χ1) is 15.5. The van der Waals surface area contributed by atoms with Crippen molar-refractivity contribution in [3.05, 3.63) is 69.1 Å². The summed E-state index contributed by atoms with van der Waals surface area (Å²) in [7, 11) is 1.69. The van der Waals surface area contributed by atoms with E-state index in [9.17, 15) is 4.79 Å². The predicted molar refractivity (Wildman–Crippen MR) is 128 cm³/mol. The number of nitrogens with zero attached hydrogens (tertiary/aromatic N) is 5. The largest absolute Gasteiger partial charge is 0.368 e. The quantitative estimate of drug-likeness (QED) is 0.468. The molecular formula is C23H25N7OS. The van der Waals surface area contributed by atoms with Crippen LogP contribution in [0.4, 0.5) is 5.69 Å². The fourth-order valence-electron chi connectivity index (χ4n) is 4.28. The van der Waals surface area contributed by atoms with Crippen molar-refractivity contribution in [1.29, 1.82) is 0 Å². The molecule has 0 aliphatic carbocycles. The van der Waals surface area contributed by atoms with Crippen molar-refractivity contribution >= 4 is 28.8 Å². The Hall–Kier alpha value is -3.30. The van der Waals surface area contributed by atoms with Gasteiger partial charge in [-0.25, -0.2) is 14.8 Å². The van der Waals surface area contributed by atoms with E-state index in [1.54, 1.807) is 13.2 Å². The highest BCUT2D eigenvalue weighted by Crippen LogP contribution is 2.24. The summed E-state index contributed by atoms with van der Waals surface area (Å²) in [5, 5.41) is 0.900. The molecule has 32 heavy (non-hydrogen) atoms. The zero-order valence-electron chi connectivity index (χ0n) is 18.1. The van der Waals surface area contributed by atoms with Crippen LogP contribution in [0.1, 0.15) is 11.3 Å². The van der Waals surface area contributed by atoms with Crippen molar-refractivity contribution in [3.63, 3.8) is 0 Å². The number of fused-ring (bicyclic) bond motifs is 1. The van der Waals surface area contributed by atoms with Crippen LogP contribution in [0.25, 0.3) is 22.4 Å². The van der Waals surface area contributed by atoms with Crippen molar-refractivity contribution in [2.75, 3.05) is 31.1 Å². The van der Waals surface area contributed by atoms with Gasteiger partial charge in [0.1, 0.15) is 10.3 Å². The Kier molecular flexibility index (Phi) is 5.36. The van der Waals surface area contributed by atoms with Gasteiger partial charge in [-0.05, 0) is 36.8 Å². The van der Waals surface area contributed by atoms with E-state index >= 15 is 0 Å². The highest BCUT2D eigenvalue weighted by atomic mass is 32.1. The number of aromatic amines is 2. The van der Waals surface area contributed by atoms with Crippen LogP contribution in [0.15, 0.2) is 47.5 Å². The van der Waals surface area contributed by atoms with E-state index in [0.717, 1.165) is 60.8 Å². The lowest BCUT2D eigenvalue weighted by Gasteiger charge is -2.36. The Morgan fingerprint density at radius 2 is 1.94 bits per heavy atom. The fraction of sp³-hybridized carbons (Fsp3) is 0.304. The van der Waals surface area contributed by atoms with Crippen molar-refractivity contribution in [2.45, 2.75) is 13.5 Å². The van der Waals surface area contributed by atoms with Gasteiger partial charge < -0.3 is 14.9 Å². The number of anilines is 1. The topological polar surface area (TPSA) is 85.8 Å². The van der Waals surface area contributed by atoms with Crippen LogP contribution in [-0.2, 0) is 13.6 Å². The highest BCUT2D eigenvalue weighted by molar-refractivity contribution is 7.71. The van der Waals surface area contributed by atoms with Crippen LogP contribution in [0.5, 0.6) is 0 Å². The highest BCUT2D eigenvalue weighted by Gasteiger charge is 2.20. The summed E-state index contributed by atoms with van der Waals surface area (Å²) in [6.07, 6.45) is 3.55. The van der Waals surface area contributed by atoms with Crippen LogP contribution in [0.3, 0.4) is 0 Å². The smallest absolute Gasteiger partial charge is 0.326 e. The van der Waals surface area contributed by atoms with E-state index in [1.807, 2.05) is 24.4 Å².